The number of hydrogen-bond acceptors (Lipinski definition) is 3. The fourth-order valence-electron chi connectivity index (χ4n) is 3.57. The van der Waals surface area contributed by atoms with Gasteiger partial charge in [-0.2, -0.15) is 0 Å². The van der Waals surface area contributed by atoms with Gasteiger partial charge in [0.1, 0.15) is 5.69 Å². The molecule has 2 N–H and O–H groups in total. The maximum absolute atomic E-state index is 13.1. The predicted octanol–water partition coefficient (Wildman–Crippen LogP) is 3.50. The van der Waals surface area contributed by atoms with Crippen LogP contribution in [0.5, 0.6) is 0 Å². The molecule has 134 valence electrons. The smallest absolute Gasteiger partial charge is 0.340 e. The number of aromatic amines is 2. The van der Waals surface area contributed by atoms with Crippen LogP contribution in [-0.4, -0.2) is 39.4 Å². The van der Waals surface area contributed by atoms with E-state index in [1.165, 1.54) is 0 Å². The number of amides is 1. The minimum atomic E-state index is -0.386. The van der Waals surface area contributed by atoms with E-state index in [9.17, 15) is 9.59 Å². The molecule has 6 heteroatoms. The van der Waals surface area contributed by atoms with E-state index in [1.807, 2.05) is 37.1 Å². The van der Waals surface area contributed by atoms with Crippen LogP contribution in [0.4, 0.5) is 0 Å². The Bertz CT molecular complexity index is 774. The SMILES string of the molecule is Cc1[nH]c(C(=O)N2CCCC2c2ccc[nH]2)c(C)c1C(=O)OC(C)C. The first-order valence-electron chi connectivity index (χ1n) is 8.74. The first-order chi connectivity index (χ1) is 11.9. The maximum Gasteiger partial charge on any atom is 0.340 e. The zero-order valence-electron chi connectivity index (χ0n) is 15.2. The summed E-state index contributed by atoms with van der Waals surface area (Å²) in [5.74, 6) is -0.455. The molecule has 3 rings (SSSR count). The molecule has 0 aliphatic carbocycles. The first kappa shape index (κ1) is 17.3. The number of hydrogen-bond donors (Lipinski definition) is 2. The highest BCUT2D eigenvalue weighted by Crippen LogP contribution is 2.33. The van der Waals surface area contributed by atoms with Gasteiger partial charge in [-0.15, -0.1) is 0 Å². The Morgan fingerprint density at radius 2 is 2.08 bits per heavy atom. The van der Waals surface area contributed by atoms with Gasteiger partial charge in [0.25, 0.3) is 5.91 Å². The summed E-state index contributed by atoms with van der Waals surface area (Å²) < 4.78 is 5.31. The van der Waals surface area contributed by atoms with E-state index in [-0.39, 0.29) is 24.0 Å². The van der Waals surface area contributed by atoms with Crippen molar-refractivity contribution in [3.05, 3.63) is 46.5 Å². The number of carbonyl (C=O) groups is 2. The van der Waals surface area contributed by atoms with Crippen molar-refractivity contribution in [1.29, 1.82) is 0 Å². The molecule has 0 aromatic carbocycles. The van der Waals surface area contributed by atoms with Crippen LogP contribution in [-0.2, 0) is 4.74 Å². The minimum Gasteiger partial charge on any atom is -0.459 e. The van der Waals surface area contributed by atoms with Crippen LogP contribution < -0.4 is 0 Å². The van der Waals surface area contributed by atoms with Gasteiger partial charge in [-0.25, -0.2) is 4.79 Å². The van der Waals surface area contributed by atoms with Crippen LogP contribution in [0.15, 0.2) is 18.3 Å². The van der Waals surface area contributed by atoms with Crippen molar-refractivity contribution in [2.24, 2.45) is 0 Å². The summed E-state index contributed by atoms with van der Waals surface area (Å²) in [7, 11) is 0. The molecule has 1 atom stereocenters. The van der Waals surface area contributed by atoms with E-state index in [1.54, 1.807) is 13.8 Å². The van der Waals surface area contributed by atoms with Crippen LogP contribution in [0, 0.1) is 13.8 Å². The molecule has 1 amide bonds. The van der Waals surface area contributed by atoms with Gasteiger partial charge >= 0.3 is 5.97 Å². The van der Waals surface area contributed by atoms with E-state index in [4.69, 9.17) is 4.74 Å². The van der Waals surface area contributed by atoms with E-state index in [2.05, 4.69) is 9.97 Å². The average molecular weight is 343 g/mol. The summed E-state index contributed by atoms with van der Waals surface area (Å²) >= 11 is 0. The van der Waals surface area contributed by atoms with Gasteiger partial charge in [-0.1, -0.05) is 0 Å². The lowest BCUT2D eigenvalue weighted by Gasteiger charge is -2.24. The van der Waals surface area contributed by atoms with Crippen LogP contribution in [0.25, 0.3) is 0 Å². The normalized spacial score (nSPS) is 17.3. The fourth-order valence-corrected chi connectivity index (χ4v) is 3.57. The average Bonchev–Trinajstić information content (AvgIpc) is 3.24. The monoisotopic (exact) mass is 343 g/mol. The Balaban J connectivity index is 1.89. The second kappa shape index (κ2) is 6.78. The summed E-state index contributed by atoms with van der Waals surface area (Å²) in [5, 5.41) is 0. The molecule has 25 heavy (non-hydrogen) atoms. The van der Waals surface area contributed by atoms with Crippen molar-refractivity contribution in [3.63, 3.8) is 0 Å². The third-order valence-corrected chi connectivity index (χ3v) is 4.69. The highest BCUT2D eigenvalue weighted by atomic mass is 16.5. The molecule has 0 saturated carbocycles. The molecular formula is C19H25N3O3. The lowest BCUT2D eigenvalue weighted by Crippen LogP contribution is -2.31. The Labute approximate surface area is 147 Å². The summed E-state index contributed by atoms with van der Waals surface area (Å²) in [6.07, 6.45) is 3.58. The number of ether oxygens (including phenoxy) is 1. The topological polar surface area (TPSA) is 78.2 Å². The second-order valence-electron chi connectivity index (χ2n) is 6.86. The van der Waals surface area contributed by atoms with Gasteiger partial charge in [0.05, 0.1) is 17.7 Å². The van der Waals surface area contributed by atoms with Gasteiger partial charge < -0.3 is 19.6 Å². The van der Waals surface area contributed by atoms with Gasteiger partial charge in [0, 0.05) is 24.1 Å². The molecule has 1 unspecified atom stereocenters. The molecule has 6 nitrogen and oxygen atoms in total. The van der Waals surface area contributed by atoms with Gasteiger partial charge in [-0.05, 0) is 58.2 Å². The molecule has 0 radical (unpaired) electrons. The Morgan fingerprint density at radius 1 is 1.32 bits per heavy atom. The Morgan fingerprint density at radius 3 is 2.72 bits per heavy atom. The minimum absolute atomic E-state index is 0.0524. The van der Waals surface area contributed by atoms with Gasteiger partial charge in [-0.3, -0.25) is 4.79 Å². The van der Waals surface area contributed by atoms with Crippen molar-refractivity contribution >= 4 is 11.9 Å². The lowest BCUT2D eigenvalue weighted by atomic mass is 10.1. The van der Waals surface area contributed by atoms with Crippen LogP contribution in [0.3, 0.4) is 0 Å². The number of aryl methyl sites for hydroxylation is 1. The van der Waals surface area contributed by atoms with Gasteiger partial charge in [0.15, 0.2) is 0 Å². The van der Waals surface area contributed by atoms with Crippen molar-refractivity contribution in [1.82, 2.24) is 14.9 Å². The van der Waals surface area contributed by atoms with Crippen LogP contribution in [0.1, 0.15) is 70.5 Å². The van der Waals surface area contributed by atoms with Crippen molar-refractivity contribution in [3.8, 4) is 0 Å². The number of H-pyrrole nitrogens is 2. The van der Waals surface area contributed by atoms with Gasteiger partial charge in [0.2, 0.25) is 0 Å². The number of carbonyl (C=O) groups excluding carboxylic acids is 2. The highest BCUT2D eigenvalue weighted by molar-refractivity contribution is 6.00. The largest absolute Gasteiger partial charge is 0.459 e. The number of nitrogens with zero attached hydrogens (tertiary/aromatic N) is 1. The molecule has 1 aliphatic rings. The van der Waals surface area contributed by atoms with Crippen LogP contribution >= 0.6 is 0 Å². The summed E-state index contributed by atoms with van der Waals surface area (Å²) in [4.78, 5) is 33.6. The number of esters is 1. The van der Waals surface area contributed by atoms with E-state index < -0.39 is 0 Å². The molecule has 2 aromatic rings. The van der Waals surface area contributed by atoms with Crippen molar-refractivity contribution < 1.29 is 14.3 Å². The quantitative estimate of drug-likeness (QED) is 0.834. The number of aromatic nitrogens is 2. The van der Waals surface area contributed by atoms with E-state index in [0.29, 0.717) is 29.1 Å². The van der Waals surface area contributed by atoms with E-state index >= 15 is 0 Å². The summed E-state index contributed by atoms with van der Waals surface area (Å²) in [6.45, 7) is 7.94. The zero-order chi connectivity index (χ0) is 18.1. The molecule has 1 fully saturated rings. The third kappa shape index (κ3) is 3.21. The summed E-state index contributed by atoms with van der Waals surface area (Å²) in [5.41, 5.74) is 3.32. The van der Waals surface area contributed by atoms with Crippen molar-refractivity contribution in [2.45, 2.75) is 52.7 Å². The zero-order valence-corrected chi connectivity index (χ0v) is 15.2. The third-order valence-electron chi connectivity index (χ3n) is 4.69. The maximum atomic E-state index is 13.1. The highest BCUT2D eigenvalue weighted by Gasteiger charge is 2.34. The summed E-state index contributed by atoms with van der Waals surface area (Å²) in [6, 6.07) is 4.01. The van der Waals surface area contributed by atoms with E-state index in [0.717, 1.165) is 18.5 Å². The number of rotatable bonds is 4. The lowest BCUT2D eigenvalue weighted by molar-refractivity contribution is 0.0376. The molecular weight excluding hydrogens is 318 g/mol. The van der Waals surface area contributed by atoms with Crippen LogP contribution in [0.2, 0.25) is 0 Å². The second-order valence-corrected chi connectivity index (χ2v) is 6.86. The molecule has 1 saturated heterocycles. The predicted molar refractivity (Wildman–Crippen MR) is 94.6 cm³/mol. The Hall–Kier alpha value is -2.50. The fraction of sp³-hybridized carbons (Fsp3) is 0.474. The molecule has 0 bridgehead atoms. The molecule has 3 heterocycles. The van der Waals surface area contributed by atoms with Crippen molar-refractivity contribution in [2.75, 3.05) is 6.54 Å². The molecule has 0 spiro atoms. The first-order valence-corrected chi connectivity index (χ1v) is 8.74. The number of nitrogens with one attached hydrogen (secondary N) is 2. The molecule has 1 aliphatic heterocycles. The number of likely N-dealkylation sites (tertiary alicyclic amines) is 1. The Kier molecular flexibility index (Phi) is 4.70. The standard InChI is InChI=1S/C19H25N3O3/c1-11(2)25-19(24)16-12(3)17(21-13(16)4)18(23)22-10-6-8-15(22)14-7-5-9-20-14/h5,7,9,11,15,20-21H,6,8,10H2,1-4H3. The molecule has 2 aromatic heterocycles.